The van der Waals surface area contributed by atoms with E-state index in [-0.39, 0.29) is 0 Å². The minimum Gasteiger partial charge on any atom is -0.486 e. The first-order chi connectivity index (χ1) is 10.1. The van der Waals surface area contributed by atoms with E-state index in [0.29, 0.717) is 61.1 Å². The molecule has 0 unspecified atom stereocenters. The Morgan fingerprint density at radius 2 is 1.76 bits per heavy atom. The smallest absolute Gasteiger partial charge is 0.301 e. The van der Waals surface area contributed by atoms with E-state index in [1.165, 1.54) is 4.31 Å². The number of nitrogens with zero attached hydrogens (tertiary/aromatic N) is 1. The molecule has 2 aliphatic rings. The van der Waals surface area contributed by atoms with E-state index in [1.807, 2.05) is 0 Å². The summed E-state index contributed by atoms with van der Waals surface area (Å²) in [5, 5.41) is 3.12. The van der Waals surface area contributed by atoms with E-state index in [4.69, 9.17) is 9.47 Å². The molecule has 0 radical (unpaired) electrons. The van der Waals surface area contributed by atoms with Crippen LogP contribution in [0.1, 0.15) is 0 Å². The van der Waals surface area contributed by atoms with E-state index in [0.717, 1.165) is 0 Å². The first-order valence-corrected chi connectivity index (χ1v) is 8.87. The molecule has 0 saturated carbocycles. The van der Waals surface area contributed by atoms with E-state index in [2.05, 4.69) is 26.0 Å². The molecule has 1 aromatic carbocycles. The number of hydrogen-bond acceptors (Lipinski definition) is 5. The van der Waals surface area contributed by atoms with Gasteiger partial charge in [-0.3, -0.25) is 4.72 Å². The lowest BCUT2D eigenvalue weighted by Crippen LogP contribution is -2.48. The van der Waals surface area contributed by atoms with Crippen molar-refractivity contribution in [2.24, 2.45) is 0 Å². The normalized spacial score (nSPS) is 19.3. The number of halogens is 1. The van der Waals surface area contributed by atoms with Crippen LogP contribution in [-0.4, -0.2) is 52.1 Å². The average Bonchev–Trinajstić information content (AvgIpc) is 2.49. The zero-order valence-electron chi connectivity index (χ0n) is 11.3. The number of anilines is 1. The molecule has 2 N–H and O–H groups in total. The van der Waals surface area contributed by atoms with Crippen molar-refractivity contribution >= 4 is 31.8 Å². The molecule has 0 atom stereocenters. The lowest BCUT2D eigenvalue weighted by Gasteiger charge is -2.27. The minimum atomic E-state index is -3.57. The number of nitrogens with one attached hydrogen (secondary N) is 2. The second kappa shape index (κ2) is 5.99. The molecular weight excluding hydrogens is 362 g/mol. The van der Waals surface area contributed by atoms with Crippen LogP contribution in [0.2, 0.25) is 0 Å². The van der Waals surface area contributed by atoms with Crippen molar-refractivity contribution in [3.05, 3.63) is 16.6 Å². The molecular formula is C12H16BrN3O4S. The second-order valence-corrected chi connectivity index (χ2v) is 7.26. The molecule has 1 aromatic rings. The molecule has 2 aliphatic heterocycles. The second-order valence-electron chi connectivity index (χ2n) is 4.73. The maximum atomic E-state index is 12.4. The quantitative estimate of drug-likeness (QED) is 0.813. The van der Waals surface area contributed by atoms with Gasteiger partial charge in [-0.2, -0.15) is 12.7 Å². The van der Waals surface area contributed by atoms with Crippen molar-refractivity contribution in [1.29, 1.82) is 0 Å². The summed E-state index contributed by atoms with van der Waals surface area (Å²) in [6.45, 7) is 3.17. The SMILES string of the molecule is O=S(=O)(Nc1cc2c(cc1Br)OCCO2)N1CCNCC1. The molecule has 0 amide bonds. The molecule has 2 heterocycles. The summed E-state index contributed by atoms with van der Waals surface area (Å²) in [5.74, 6) is 1.15. The van der Waals surface area contributed by atoms with E-state index >= 15 is 0 Å². The molecule has 0 aliphatic carbocycles. The van der Waals surface area contributed by atoms with Crippen LogP contribution in [0.25, 0.3) is 0 Å². The zero-order chi connectivity index (χ0) is 14.9. The molecule has 9 heteroatoms. The summed E-state index contributed by atoms with van der Waals surface area (Å²) < 4.78 is 40.3. The van der Waals surface area contributed by atoms with Gasteiger partial charge in [-0.05, 0) is 15.9 Å². The van der Waals surface area contributed by atoms with Crippen molar-refractivity contribution in [3.8, 4) is 11.5 Å². The molecule has 0 bridgehead atoms. The van der Waals surface area contributed by atoms with E-state index in [9.17, 15) is 8.42 Å². The number of ether oxygens (including phenoxy) is 2. The summed E-state index contributed by atoms with van der Waals surface area (Å²) >= 11 is 3.36. The highest BCUT2D eigenvalue weighted by Crippen LogP contribution is 2.38. The molecule has 116 valence electrons. The Balaban J connectivity index is 1.83. The molecule has 0 spiro atoms. The van der Waals surface area contributed by atoms with Crippen LogP contribution in [-0.2, 0) is 10.2 Å². The van der Waals surface area contributed by atoms with Gasteiger partial charge in [0, 0.05) is 42.8 Å². The fourth-order valence-corrected chi connectivity index (χ4v) is 4.02. The van der Waals surface area contributed by atoms with Crippen LogP contribution in [0.3, 0.4) is 0 Å². The van der Waals surface area contributed by atoms with Gasteiger partial charge in [-0.1, -0.05) is 0 Å². The Labute approximate surface area is 131 Å². The van der Waals surface area contributed by atoms with Gasteiger partial charge in [0.15, 0.2) is 11.5 Å². The van der Waals surface area contributed by atoms with Crippen LogP contribution >= 0.6 is 15.9 Å². The van der Waals surface area contributed by atoms with Gasteiger partial charge < -0.3 is 14.8 Å². The highest BCUT2D eigenvalue weighted by molar-refractivity contribution is 9.10. The first-order valence-electron chi connectivity index (χ1n) is 6.64. The fourth-order valence-electron chi connectivity index (χ4n) is 2.23. The van der Waals surface area contributed by atoms with Crippen molar-refractivity contribution in [2.75, 3.05) is 44.1 Å². The molecule has 0 aromatic heterocycles. The fraction of sp³-hybridized carbons (Fsp3) is 0.500. The molecule has 7 nitrogen and oxygen atoms in total. The molecule has 3 rings (SSSR count). The largest absolute Gasteiger partial charge is 0.486 e. The van der Waals surface area contributed by atoms with Crippen LogP contribution < -0.4 is 19.5 Å². The van der Waals surface area contributed by atoms with E-state index in [1.54, 1.807) is 12.1 Å². The van der Waals surface area contributed by atoms with Crippen LogP contribution in [0.4, 0.5) is 5.69 Å². The van der Waals surface area contributed by atoms with Crippen molar-refractivity contribution < 1.29 is 17.9 Å². The first kappa shape index (κ1) is 14.9. The predicted molar refractivity (Wildman–Crippen MR) is 82.1 cm³/mol. The lowest BCUT2D eigenvalue weighted by atomic mass is 10.2. The maximum Gasteiger partial charge on any atom is 0.301 e. The summed E-state index contributed by atoms with van der Waals surface area (Å²) in [6, 6.07) is 3.35. The highest BCUT2D eigenvalue weighted by atomic mass is 79.9. The number of piperazine rings is 1. The molecule has 21 heavy (non-hydrogen) atoms. The van der Waals surface area contributed by atoms with Crippen LogP contribution in [0.5, 0.6) is 11.5 Å². The van der Waals surface area contributed by atoms with Crippen molar-refractivity contribution in [3.63, 3.8) is 0 Å². The Morgan fingerprint density at radius 1 is 1.14 bits per heavy atom. The van der Waals surface area contributed by atoms with Gasteiger partial charge >= 0.3 is 10.2 Å². The van der Waals surface area contributed by atoms with Gasteiger partial charge in [0.25, 0.3) is 0 Å². The summed E-state index contributed by atoms with van der Waals surface area (Å²) in [6.07, 6.45) is 0. The highest BCUT2D eigenvalue weighted by Gasteiger charge is 2.25. The standard InChI is InChI=1S/C12H16BrN3O4S/c13-9-7-11-12(20-6-5-19-11)8-10(9)15-21(17,18)16-3-1-14-2-4-16/h7-8,14-15H,1-6H2. The number of rotatable bonds is 3. The topological polar surface area (TPSA) is 79.9 Å². The maximum absolute atomic E-state index is 12.4. The Kier molecular flexibility index (Phi) is 4.25. The molecule has 1 saturated heterocycles. The van der Waals surface area contributed by atoms with Gasteiger partial charge in [0.1, 0.15) is 13.2 Å². The third-order valence-corrected chi connectivity index (χ3v) is 5.47. The monoisotopic (exact) mass is 377 g/mol. The van der Waals surface area contributed by atoms with Crippen LogP contribution in [0.15, 0.2) is 16.6 Å². The van der Waals surface area contributed by atoms with Gasteiger partial charge in [0.2, 0.25) is 0 Å². The third-order valence-electron chi connectivity index (χ3n) is 3.29. The van der Waals surface area contributed by atoms with Gasteiger partial charge in [-0.25, -0.2) is 0 Å². The summed E-state index contributed by atoms with van der Waals surface area (Å²) in [4.78, 5) is 0. The number of fused-ring (bicyclic) bond motifs is 1. The summed E-state index contributed by atoms with van der Waals surface area (Å²) in [5.41, 5.74) is 0.442. The Morgan fingerprint density at radius 3 is 2.43 bits per heavy atom. The van der Waals surface area contributed by atoms with Gasteiger partial charge in [-0.15, -0.1) is 0 Å². The third kappa shape index (κ3) is 3.25. The minimum absolute atomic E-state index is 0.442. The number of benzene rings is 1. The lowest BCUT2D eigenvalue weighted by molar-refractivity contribution is 0.171. The van der Waals surface area contributed by atoms with E-state index < -0.39 is 10.2 Å². The zero-order valence-corrected chi connectivity index (χ0v) is 13.7. The Bertz CT molecular complexity index is 632. The predicted octanol–water partition coefficient (Wildman–Crippen LogP) is 0.782. The molecule has 1 fully saturated rings. The van der Waals surface area contributed by atoms with Crippen molar-refractivity contribution in [1.82, 2.24) is 9.62 Å². The summed E-state index contributed by atoms with van der Waals surface area (Å²) in [7, 11) is -3.57. The van der Waals surface area contributed by atoms with Gasteiger partial charge in [0.05, 0.1) is 5.69 Å². The van der Waals surface area contributed by atoms with Crippen molar-refractivity contribution in [2.45, 2.75) is 0 Å². The van der Waals surface area contributed by atoms with Crippen LogP contribution in [0, 0.1) is 0 Å². The Hall–Kier alpha value is -1.03. The number of hydrogen-bond donors (Lipinski definition) is 2. The average molecular weight is 378 g/mol.